The van der Waals surface area contributed by atoms with Gasteiger partial charge in [-0.15, -0.1) is 0 Å². The summed E-state index contributed by atoms with van der Waals surface area (Å²) in [5.74, 6) is -3.77. The number of fused-ring (bicyclic) bond motifs is 2. The third kappa shape index (κ3) is 23.8. The smallest absolute Gasteiger partial charge is 0.545 e. The molecular weight excluding hydrogens is 1410 g/mol. The summed E-state index contributed by atoms with van der Waals surface area (Å²) < 4.78 is 19.7. The first-order valence-corrected chi connectivity index (χ1v) is 28.5. The Balaban J connectivity index is 0.000000524. The van der Waals surface area contributed by atoms with Crippen molar-refractivity contribution in [3.8, 4) is 22.3 Å². The number of carboxylic acid groups (broad SMARTS) is 4. The second kappa shape index (κ2) is 38.1. The van der Waals surface area contributed by atoms with Crippen LogP contribution in [0.5, 0.6) is 0 Å². The molecule has 6 aliphatic rings. The Morgan fingerprint density at radius 3 is 0.762 bits per heavy atom. The van der Waals surface area contributed by atoms with E-state index < -0.39 is 35.8 Å². The summed E-state index contributed by atoms with van der Waals surface area (Å²) in [5, 5.41) is 44.3. The normalized spacial score (nSPS) is 12.2. The van der Waals surface area contributed by atoms with Gasteiger partial charge >= 0.3 is 54.1 Å². The molecule has 0 aromatic heterocycles. The van der Waals surface area contributed by atoms with Crippen LogP contribution in [-0.2, 0) is 61.1 Å². The molecule has 0 unspecified atom stereocenters. The van der Waals surface area contributed by atoms with Crippen molar-refractivity contribution < 1.29 is 110 Å². The van der Waals surface area contributed by atoms with E-state index in [9.17, 15) is 49.2 Å². The van der Waals surface area contributed by atoms with E-state index in [0.29, 0.717) is 47.3 Å². The predicted molar refractivity (Wildman–Crippen MR) is 313 cm³/mol. The van der Waals surface area contributed by atoms with Crippen molar-refractivity contribution in [2.45, 2.75) is 158 Å². The number of carbonyl (C=O) groups excluding carboxylic acids is 6. The molecule has 2 aromatic rings. The first kappa shape index (κ1) is 76.0. The van der Waals surface area contributed by atoms with Gasteiger partial charge in [-0.05, 0) is 190 Å². The van der Waals surface area contributed by atoms with Gasteiger partial charge in [-0.3, -0.25) is 0 Å². The van der Waals surface area contributed by atoms with Crippen LogP contribution in [0.1, 0.15) is 254 Å². The van der Waals surface area contributed by atoms with Gasteiger partial charge in [-0.2, -0.15) is 0 Å². The molecule has 2 aromatic carbocycles. The molecule has 16 heteroatoms. The topological polar surface area (TPSA) is 232 Å². The first-order chi connectivity index (χ1) is 38.7. The van der Waals surface area contributed by atoms with Gasteiger partial charge in [0.15, 0.2) is 0 Å². The number of ether oxygens (including phenoxy) is 4. The van der Waals surface area contributed by atoms with Gasteiger partial charge in [-0.1, -0.05) is 132 Å². The molecule has 452 valence electrons. The van der Waals surface area contributed by atoms with E-state index in [0.717, 1.165) is 70.9 Å². The summed E-state index contributed by atoms with van der Waals surface area (Å²) in [6, 6.07) is 27.3. The molecule has 0 radical (unpaired) electrons. The van der Waals surface area contributed by atoms with Crippen LogP contribution in [0, 0.1) is 0 Å². The number of carbonyl (C=O) groups is 6. The Bertz CT molecular complexity index is 2640. The van der Waals surface area contributed by atoms with Crippen molar-refractivity contribution in [1.82, 2.24) is 0 Å². The van der Waals surface area contributed by atoms with Gasteiger partial charge in [0.05, 0.1) is 48.2 Å². The second-order valence-corrected chi connectivity index (χ2v) is 21.9. The maximum Gasteiger partial charge on any atom is 2.00 e. The molecule has 8 rings (SSSR count). The Hall–Kier alpha value is -6.04. The zero-order valence-electron chi connectivity index (χ0n) is 51.3. The van der Waals surface area contributed by atoms with Crippen molar-refractivity contribution in [1.29, 1.82) is 0 Å². The van der Waals surface area contributed by atoms with Crippen molar-refractivity contribution in [3.05, 3.63) is 164 Å². The quantitative estimate of drug-likeness (QED) is 0.0924. The number of hydrogen-bond donors (Lipinski definition) is 0. The Morgan fingerprint density at radius 2 is 0.607 bits per heavy atom. The molecule has 84 heavy (non-hydrogen) atoms. The number of carboxylic acids is 4. The van der Waals surface area contributed by atoms with Crippen molar-refractivity contribution in [2.75, 3.05) is 39.6 Å². The van der Waals surface area contributed by atoms with Crippen molar-refractivity contribution in [2.24, 2.45) is 0 Å². The van der Waals surface area contributed by atoms with Gasteiger partial charge in [0.1, 0.15) is 0 Å². The molecule has 0 atom stereocenters. The molecule has 2 aliphatic heterocycles. The van der Waals surface area contributed by atoms with Gasteiger partial charge in [0.25, 0.3) is 0 Å². The van der Waals surface area contributed by atoms with E-state index in [2.05, 4.69) is 27.7 Å². The summed E-state index contributed by atoms with van der Waals surface area (Å²) in [5.41, 5.74) is 10.9. The molecule has 0 amide bonds. The standard InChI is InChI=1S/2C16H24O2.2C14H12O4.2C4H8O.2W/c2*1-9(2)12-7-13(10(3)4)15(16(17)18)14(8-12)11(5)6;2*1-2-18-14(17)9-3-5-10-7-12(13(15)16)8-11(10)6-4-9;2*1-2-4-5-3-1;;/h2*7-11H,1-6H3,(H,17,18);2*3-8H,2H2,1H3,(H,15,16);2*1-4H2;;/q;;;;;;2*+2/p-4. The van der Waals surface area contributed by atoms with Crippen molar-refractivity contribution >= 4 is 35.8 Å². The average molecular weight is 1490 g/mol. The molecule has 2 heterocycles. The second-order valence-electron chi connectivity index (χ2n) is 21.9. The van der Waals surface area contributed by atoms with E-state index in [4.69, 9.17) is 18.9 Å². The summed E-state index contributed by atoms with van der Waals surface area (Å²) in [6.45, 7) is 32.8. The Morgan fingerprint density at radius 1 is 0.369 bits per heavy atom. The minimum atomic E-state index is -1.21. The van der Waals surface area contributed by atoms with Crippen LogP contribution in [0.2, 0.25) is 0 Å². The molecule has 0 N–H and O–H groups in total. The number of esters is 2. The summed E-state index contributed by atoms with van der Waals surface area (Å²) in [4.78, 5) is 67.4. The van der Waals surface area contributed by atoms with E-state index in [1.54, 1.807) is 62.4 Å². The average Bonchev–Trinajstić information content (AvgIpc) is 3.93. The summed E-state index contributed by atoms with van der Waals surface area (Å²) in [6.07, 6.45) is 5.11. The fourth-order valence-corrected chi connectivity index (χ4v) is 8.83. The van der Waals surface area contributed by atoms with E-state index in [-0.39, 0.29) is 76.9 Å². The minimum Gasteiger partial charge on any atom is -0.545 e. The third-order valence-electron chi connectivity index (χ3n) is 13.5. The zero-order chi connectivity index (χ0) is 61.4. The Labute approximate surface area is 526 Å². The van der Waals surface area contributed by atoms with Gasteiger partial charge in [0.2, 0.25) is 0 Å². The maximum absolute atomic E-state index is 11.5. The Kier molecular flexibility index (Phi) is 34.5. The predicted octanol–water partition coefficient (Wildman–Crippen LogP) is 11.1. The summed E-state index contributed by atoms with van der Waals surface area (Å²) >= 11 is 0. The largest absolute Gasteiger partial charge is 2.00 e. The molecule has 4 aliphatic carbocycles. The number of rotatable bonds is 14. The SMILES string of the molecule is C1CCOC1.C1CCOC1.CC(C)c1cc(C(C)C)c(C(=O)[O-])c(C(C)C)c1.CC(C)c1cc(C(C)C)c(C(=O)[O-])c(C(C)C)c1.CCOC(=O)c1ccc2cc(C(=O)[O-])cc-2cc1.CCOC(=O)c1ccc2cc(C(=O)[O-])cc-2cc1.[W+2].[W+2]. The monoisotopic (exact) mass is 1490 g/mol. The molecule has 0 bridgehead atoms. The number of benzene rings is 2. The number of aromatic carboxylic acids is 4. The fraction of sp³-hybridized carbons (Fsp3) is 0.441. The summed E-state index contributed by atoms with van der Waals surface area (Å²) in [7, 11) is 0. The molecule has 0 spiro atoms. The van der Waals surface area contributed by atoms with Gasteiger partial charge in [-0.25, -0.2) is 9.59 Å². The molecule has 2 saturated heterocycles. The molecule has 0 saturated carbocycles. The third-order valence-corrected chi connectivity index (χ3v) is 13.5. The van der Waals surface area contributed by atoms with E-state index >= 15 is 0 Å². The number of hydrogen-bond acceptors (Lipinski definition) is 14. The van der Waals surface area contributed by atoms with Crippen LogP contribution in [0.4, 0.5) is 0 Å². The van der Waals surface area contributed by atoms with Crippen LogP contribution in [0.25, 0.3) is 22.3 Å². The van der Waals surface area contributed by atoms with Gasteiger partial charge < -0.3 is 58.6 Å². The molecular formula is C68H84O14W2. The van der Waals surface area contributed by atoms with Crippen LogP contribution < -0.4 is 20.4 Å². The van der Waals surface area contributed by atoms with E-state index in [1.807, 2.05) is 79.7 Å². The van der Waals surface area contributed by atoms with Crippen LogP contribution in [-0.4, -0.2) is 75.5 Å². The van der Waals surface area contributed by atoms with Crippen molar-refractivity contribution in [3.63, 3.8) is 0 Å². The molecule has 2 fully saturated rings. The first-order valence-electron chi connectivity index (χ1n) is 28.5. The van der Waals surface area contributed by atoms with Crippen LogP contribution >= 0.6 is 0 Å². The maximum atomic E-state index is 11.5. The zero-order valence-corrected chi connectivity index (χ0v) is 57.2. The van der Waals surface area contributed by atoms with E-state index in [1.165, 1.54) is 61.1 Å². The fourth-order valence-electron chi connectivity index (χ4n) is 8.83. The minimum absolute atomic E-state index is 0. The van der Waals surface area contributed by atoms with Crippen LogP contribution in [0.3, 0.4) is 0 Å². The van der Waals surface area contributed by atoms with Crippen LogP contribution in [0.15, 0.2) is 97.1 Å². The molecule has 14 nitrogen and oxygen atoms in total. The van der Waals surface area contributed by atoms with Gasteiger partial charge in [0, 0.05) is 37.6 Å².